The fourth-order valence-corrected chi connectivity index (χ4v) is 3.58. The zero-order chi connectivity index (χ0) is 22.6. The third-order valence-electron chi connectivity index (χ3n) is 5.50. The van der Waals surface area contributed by atoms with Crippen molar-refractivity contribution >= 4 is 23.3 Å². The highest BCUT2D eigenvalue weighted by Crippen LogP contribution is 2.31. The molecule has 3 amide bonds. The molecule has 1 aliphatic heterocycles. The SMILES string of the molecule is CC(C(=O)Nc1cccc(C(F)(F)F)c1)C1CCN(C(=O)Nc2ccc(F)cc2)CC1. The average Bonchev–Trinajstić information content (AvgIpc) is 2.74. The zero-order valence-electron chi connectivity index (χ0n) is 16.9. The Labute approximate surface area is 177 Å². The Balaban J connectivity index is 1.51. The Morgan fingerprint density at radius 2 is 1.65 bits per heavy atom. The Morgan fingerprint density at radius 3 is 2.26 bits per heavy atom. The molecule has 1 aliphatic rings. The van der Waals surface area contributed by atoms with Crippen molar-refractivity contribution in [3.8, 4) is 0 Å². The van der Waals surface area contributed by atoms with Gasteiger partial charge in [-0.3, -0.25) is 4.79 Å². The maximum absolute atomic E-state index is 13.0. The van der Waals surface area contributed by atoms with Crippen LogP contribution in [0.1, 0.15) is 25.3 Å². The van der Waals surface area contributed by atoms with Gasteiger partial charge in [-0.15, -0.1) is 0 Å². The normalized spacial score (nSPS) is 16.0. The number of nitrogens with zero attached hydrogens (tertiary/aromatic N) is 1. The number of anilines is 2. The minimum Gasteiger partial charge on any atom is -0.326 e. The van der Waals surface area contributed by atoms with Crippen molar-refractivity contribution in [2.24, 2.45) is 11.8 Å². The van der Waals surface area contributed by atoms with Gasteiger partial charge in [0.2, 0.25) is 5.91 Å². The van der Waals surface area contributed by atoms with Gasteiger partial charge >= 0.3 is 12.2 Å². The maximum Gasteiger partial charge on any atom is 0.416 e. The molecule has 2 aromatic rings. The van der Waals surface area contributed by atoms with Gasteiger partial charge < -0.3 is 15.5 Å². The van der Waals surface area contributed by atoms with E-state index in [0.29, 0.717) is 31.6 Å². The van der Waals surface area contributed by atoms with Crippen LogP contribution in [0.15, 0.2) is 48.5 Å². The lowest BCUT2D eigenvalue weighted by Crippen LogP contribution is -2.43. The number of hydrogen-bond acceptors (Lipinski definition) is 2. The number of amides is 3. The first-order valence-corrected chi connectivity index (χ1v) is 9.93. The number of halogens is 4. The third kappa shape index (κ3) is 5.96. The van der Waals surface area contributed by atoms with E-state index in [4.69, 9.17) is 0 Å². The minimum absolute atomic E-state index is 0.000620. The molecule has 31 heavy (non-hydrogen) atoms. The van der Waals surface area contributed by atoms with Crippen molar-refractivity contribution < 1.29 is 27.2 Å². The quantitative estimate of drug-likeness (QED) is 0.633. The highest BCUT2D eigenvalue weighted by molar-refractivity contribution is 5.92. The number of nitrogens with one attached hydrogen (secondary N) is 2. The highest BCUT2D eigenvalue weighted by atomic mass is 19.4. The van der Waals surface area contributed by atoms with Crippen LogP contribution < -0.4 is 10.6 Å². The summed E-state index contributed by atoms with van der Waals surface area (Å²) in [4.78, 5) is 26.5. The van der Waals surface area contributed by atoms with Crippen LogP contribution in [-0.4, -0.2) is 29.9 Å². The van der Waals surface area contributed by atoms with Crippen LogP contribution in [0.3, 0.4) is 0 Å². The van der Waals surface area contributed by atoms with E-state index in [0.717, 1.165) is 12.1 Å². The number of carbonyl (C=O) groups excluding carboxylic acids is 2. The van der Waals surface area contributed by atoms with E-state index < -0.39 is 23.5 Å². The van der Waals surface area contributed by atoms with Gasteiger partial charge in [0, 0.05) is 30.4 Å². The van der Waals surface area contributed by atoms with E-state index in [-0.39, 0.29) is 23.5 Å². The molecule has 0 bridgehead atoms. The summed E-state index contributed by atoms with van der Waals surface area (Å²) in [5.74, 6) is -1.16. The van der Waals surface area contributed by atoms with Crippen molar-refractivity contribution in [3.63, 3.8) is 0 Å². The molecule has 0 spiro atoms. The molecule has 9 heteroatoms. The van der Waals surface area contributed by atoms with Crippen molar-refractivity contribution in [3.05, 3.63) is 59.9 Å². The monoisotopic (exact) mass is 437 g/mol. The van der Waals surface area contributed by atoms with Crippen molar-refractivity contribution in [2.75, 3.05) is 23.7 Å². The molecule has 3 rings (SSSR count). The lowest BCUT2D eigenvalue weighted by molar-refractivity contribution is -0.137. The molecule has 2 N–H and O–H groups in total. The van der Waals surface area contributed by atoms with Gasteiger partial charge in [-0.2, -0.15) is 13.2 Å². The molecular weight excluding hydrogens is 414 g/mol. The molecule has 0 radical (unpaired) electrons. The predicted octanol–water partition coefficient (Wildman–Crippen LogP) is 5.36. The second-order valence-corrected chi connectivity index (χ2v) is 7.62. The molecule has 1 atom stereocenters. The Kier molecular flexibility index (Phi) is 6.82. The van der Waals surface area contributed by atoms with Gasteiger partial charge in [-0.1, -0.05) is 13.0 Å². The van der Waals surface area contributed by atoms with Crippen LogP contribution in [0, 0.1) is 17.7 Å². The Bertz CT molecular complexity index is 923. The second kappa shape index (κ2) is 9.36. The lowest BCUT2D eigenvalue weighted by atomic mass is 9.85. The number of piperidine rings is 1. The van der Waals surface area contributed by atoms with E-state index in [2.05, 4.69) is 10.6 Å². The van der Waals surface area contributed by atoms with Crippen LogP contribution in [0.4, 0.5) is 33.7 Å². The summed E-state index contributed by atoms with van der Waals surface area (Å²) < 4.78 is 51.5. The van der Waals surface area contributed by atoms with E-state index >= 15 is 0 Å². The van der Waals surface area contributed by atoms with Gasteiger partial charge in [-0.05, 0) is 61.2 Å². The molecule has 2 aromatic carbocycles. The lowest BCUT2D eigenvalue weighted by Gasteiger charge is -2.34. The van der Waals surface area contributed by atoms with E-state index in [1.165, 1.54) is 36.4 Å². The number of alkyl halides is 3. The van der Waals surface area contributed by atoms with Crippen LogP contribution in [0.5, 0.6) is 0 Å². The maximum atomic E-state index is 13.0. The Hall–Kier alpha value is -3.10. The van der Waals surface area contributed by atoms with Gasteiger partial charge in [0.05, 0.1) is 5.56 Å². The zero-order valence-corrected chi connectivity index (χ0v) is 16.9. The van der Waals surface area contributed by atoms with Gasteiger partial charge in [-0.25, -0.2) is 9.18 Å². The number of rotatable bonds is 4. The summed E-state index contributed by atoms with van der Waals surface area (Å²) in [7, 11) is 0. The minimum atomic E-state index is -4.48. The second-order valence-electron chi connectivity index (χ2n) is 7.62. The molecular formula is C22H23F4N3O2. The topological polar surface area (TPSA) is 61.4 Å². The predicted molar refractivity (Wildman–Crippen MR) is 109 cm³/mol. The Morgan fingerprint density at radius 1 is 1.00 bits per heavy atom. The summed E-state index contributed by atoms with van der Waals surface area (Å²) in [6.07, 6.45) is -3.30. The number of carbonyl (C=O) groups is 2. The van der Waals surface area contributed by atoms with E-state index in [1.807, 2.05) is 0 Å². The smallest absolute Gasteiger partial charge is 0.326 e. The van der Waals surface area contributed by atoms with Crippen LogP contribution >= 0.6 is 0 Å². The molecule has 1 unspecified atom stereocenters. The largest absolute Gasteiger partial charge is 0.416 e. The molecule has 1 heterocycles. The molecule has 0 aliphatic carbocycles. The summed E-state index contributed by atoms with van der Waals surface area (Å²) in [6, 6.07) is 9.69. The fraction of sp³-hybridized carbons (Fsp3) is 0.364. The molecule has 1 saturated heterocycles. The summed E-state index contributed by atoms with van der Waals surface area (Å²) in [5, 5.41) is 5.27. The summed E-state index contributed by atoms with van der Waals surface area (Å²) >= 11 is 0. The number of likely N-dealkylation sites (tertiary alicyclic amines) is 1. The van der Waals surface area contributed by atoms with Gasteiger partial charge in [0.15, 0.2) is 0 Å². The van der Waals surface area contributed by atoms with Crippen molar-refractivity contribution in [2.45, 2.75) is 25.9 Å². The van der Waals surface area contributed by atoms with Crippen LogP contribution in [-0.2, 0) is 11.0 Å². The first kappa shape index (κ1) is 22.6. The van der Waals surface area contributed by atoms with E-state index in [9.17, 15) is 27.2 Å². The van der Waals surface area contributed by atoms with Crippen molar-refractivity contribution in [1.82, 2.24) is 4.90 Å². The fourth-order valence-electron chi connectivity index (χ4n) is 3.58. The number of hydrogen-bond donors (Lipinski definition) is 2. The van der Waals surface area contributed by atoms with Gasteiger partial charge in [0.1, 0.15) is 5.82 Å². The standard InChI is InChI=1S/C22H23F4N3O2/c1-14(20(30)27-19-4-2-3-16(13-19)22(24,25)26)15-9-11-29(12-10-15)21(31)28-18-7-5-17(23)6-8-18/h2-8,13-15H,9-12H2,1H3,(H,27,30)(H,28,31). The first-order valence-electron chi connectivity index (χ1n) is 9.93. The molecule has 0 saturated carbocycles. The molecule has 0 aromatic heterocycles. The van der Waals surface area contributed by atoms with Crippen LogP contribution in [0.2, 0.25) is 0 Å². The van der Waals surface area contributed by atoms with E-state index in [1.54, 1.807) is 11.8 Å². The number of urea groups is 1. The third-order valence-corrected chi connectivity index (χ3v) is 5.50. The highest BCUT2D eigenvalue weighted by Gasteiger charge is 2.32. The molecule has 1 fully saturated rings. The van der Waals surface area contributed by atoms with Gasteiger partial charge in [0.25, 0.3) is 0 Å². The summed E-state index contributed by atoms with van der Waals surface area (Å²) in [6.45, 7) is 2.62. The molecule has 5 nitrogen and oxygen atoms in total. The molecule has 166 valence electrons. The van der Waals surface area contributed by atoms with Crippen molar-refractivity contribution in [1.29, 1.82) is 0 Å². The summed E-state index contributed by atoms with van der Waals surface area (Å²) in [5.41, 5.74) is -0.233. The van der Waals surface area contributed by atoms with Crippen LogP contribution in [0.25, 0.3) is 0 Å². The number of benzene rings is 2. The average molecular weight is 437 g/mol. The first-order chi connectivity index (χ1) is 14.6.